The maximum atomic E-state index is 12.7. The number of hydrogen-bond acceptors (Lipinski definition) is 7. The van der Waals surface area contributed by atoms with Gasteiger partial charge in [0, 0.05) is 24.6 Å². The van der Waals surface area contributed by atoms with Gasteiger partial charge in [0.05, 0.1) is 17.9 Å². The fourth-order valence-corrected chi connectivity index (χ4v) is 4.63. The number of amides is 1. The van der Waals surface area contributed by atoms with Gasteiger partial charge in [-0.25, -0.2) is 9.78 Å². The summed E-state index contributed by atoms with van der Waals surface area (Å²) < 4.78 is 11.7. The van der Waals surface area contributed by atoms with Crippen LogP contribution in [0.15, 0.2) is 54.6 Å². The molecule has 1 aromatic heterocycles. The Kier molecular flexibility index (Phi) is 7.88. The van der Waals surface area contributed by atoms with Crippen LogP contribution in [-0.4, -0.2) is 44.9 Å². The number of aromatic nitrogens is 1. The number of benzene rings is 2. The monoisotopic (exact) mass is 505 g/mol. The van der Waals surface area contributed by atoms with Gasteiger partial charge < -0.3 is 30.3 Å². The molecular weight excluding hydrogens is 470 g/mol. The van der Waals surface area contributed by atoms with Crippen LogP contribution in [0.4, 0.5) is 10.6 Å². The second-order valence-corrected chi connectivity index (χ2v) is 10.3. The average molecular weight is 506 g/mol. The number of nitrogen functional groups attached to an aromatic ring is 1. The summed E-state index contributed by atoms with van der Waals surface area (Å²) in [4.78, 5) is 19.0. The summed E-state index contributed by atoms with van der Waals surface area (Å²) in [5, 5.41) is 20.9. The minimum Gasteiger partial charge on any atom is -0.507 e. The highest BCUT2D eigenvalue weighted by atomic mass is 16.6. The number of phenols is 1. The molecule has 0 saturated carbocycles. The first-order valence-electron chi connectivity index (χ1n) is 12.5. The van der Waals surface area contributed by atoms with Gasteiger partial charge in [-0.1, -0.05) is 36.4 Å². The Balaban J connectivity index is 1.67. The number of hydrogen-bond donors (Lipinski definition) is 3. The maximum Gasteiger partial charge on any atom is 0.410 e. The number of carbonyl (C=O) groups is 1. The van der Waals surface area contributed by atoms with Crippen LogP contribution in [0.5, 0.6) is 11.5 Å². The molecule has 8 heteroatoms. The van der Waals surface area contributed by atoms with Gasteiger partial charge in [-0.3, -0.25) is 0 Å². The molecule has 0 spiro atoms. The Morgan fingerprint density at radius 1 is 1.16 bits per heavy atom. The molecule has 1 saturated heterocycles. The van der Waals surface area contributed by atoms with E-state index < -0.39 is 5.60 Å². The normalized spacial score (nSPS) is 15.9. The zero-order chi connectivity index (χ0) is 26.6. The van der Waals surface area contributed by atoms with E-state index in [-0.39, 0.29) is 30.2 Å². The Hall–Kier alpha value is -3.78. The molecule has 1 fully saturated rings. The Bertz CT molecular complexity index is 1240. The summed E-state index contributed by atoms with van der Waals surface area (Å²) in [6, 6.07) is 16.7. The van der Waals surface area contributed by atoms with Crippen molar-refractivity contribution in [2.45, 2.75) is 58.3 Å². The lowest BCUT2D eigenvalue weighted by Gasteiger charge is -2.35. The fraction of sp³-hybridized carbons (Fsp3) is 0.379. The zero-order valence-corrected chi connectivity index (χ0v) is 21.6. The molecule has 8 nitrogen and oxygen atoms in total. The summed E-state index contributed by atoms with van der Waals surface area (Å²) in [5.41, 5.74) is 8.93. The lowest BCUT2D eigenvalue weighted by Crippen LogP contribution is -2.42. The number of rotatable bonds is 6. The lowest BCUT2D eigenvalue weighted by molar-refractivity contribution is 0.0198. The number of piperidine rings is 1. The molecule has 0 radical (unpaired) electrons. The minimum absolute atomic E-state index is 0.0131. The molecule has 1 aliphatic rings. The summed E-state index contributed by atoms with van der Waals surface area (Å²) in [5.74, 6) is 0.588. The van der Waals surface area contributed by atoms with Crippen molar-refractivity contribution < 1.29 is 24.5 Å². The molecule has 0 aliphatic carbocycles. The number of carbonyl (C=O) groups excluding carboxylic acids is 1. The summed E-state index contributed by atoms with van der Waals surface area (Å²) in [7, 11) is 0. The molecule has 4 N–H and O–H groups in total. The number of anilines is 1. The summed E-state index contributed by atoms with van der Waals surface area (Å²) in [6.07, 6.45) is 1.24. The van der Waals surface area contributed by atoms with E-state index in [1.165, 1.54) is 0 Å². The second-order valence-electron chi connectivity index (χ2n) is 10.3. The quantitative estimate of drug-likeness (QED) is 0.420. The van der Waals surface area contributed by atoms with Gasteiger partial charge in [0.25, 0.3) is 0 Å². The van der Waals surface area contributed by atoms with Gasteiger partial charge in [0.15, 0.2) is 0 Å². The number of aromatic hydroxyl groups is 1. The van der Waals surface area contributed by atoms with Crippen molar-refractivity contribution in [3.05, 3.63) is 71.3 Å². The van der Waals surface area contributed by atoms with Crippen LogP contribution >= 0.6 is 0 Å². The van der Waals surface area contributed by atoms with E-state index in [0.717, 1.165) is 24.0 Å². The van der Waals surface area contributed by atoms with E-state index in [1.807, 2.05) is 57.2 Å². The molecule has 2 heterocycles. The van der Waals surface area contributed by atoms with Gasteiger partial charge >= 0.3 is 6.09 Å². The van der Waals surface area contributed by atoms with Gasteiger partial charge in [-0.15, -0.1) is 0 Å². The van der Waals surface area contributed by atoms with Crippen LogP contribution in [-0.2, 0) is 18.0 Å². The van der Waals surface area contributed by atoms with Gasteiger partial charge in [0.2, 0.25) is 0 Å². The van der Waals surface area contributed by atoms with E-state index in [1.54, 1.807) is 23.1 Å². The summed E-state index contributed by atoms with van der Waals surface area (Å²) >= 11 is 0. The highest BCUT2D eigenvalue weighted by Crippen LogP contribution is 2.41. The number of ether oxygens (including phenoxy) is 2. The zero-order valence-electron chi connectivity index (χ0n) is 21.6. The molecule has 1 unspecified atom stereocenters. The van der Waals surface area contributed by atoms with Crippen molar-refractivity contribution in [3.63, 3.8) is 0 Å². The molecular formula is C29H35N3O5. The highest BCUT2D eigenvalue weighted by molar-refractivity contribution is 5.76. The molecule has 0 bridgehead atoms. The molecule has 3 aromatic rings. The smallest absolute Gasteiger partial charge is 0.410 e. The number of phenolic OH excluding ortho intramolecular Hbond substituents is 1. The predicted molar refractivity (Wildman–Crippen MR) is 142 cm³/mol. The third-order valence-corrected chi connectivity index (χ3v) is 6.36. The van der Waals surface area contributed by atoms with E-state index in [4.69, 9.17) is 15.2 Å². The van der Waals surface area contributed by atoms with Crippen molar-refractivity contribution in [1.82, 2.24) is 9.88 Å². The van der Waals surface area contributed by atoms with E-state index in [0.29, 0.717) is 42.3 Å². The largest absolute Gasteiger partial charge is 0.507 e. The van der Waals surface area contributed by atoms with Crippen LogP contribution in [0.25, 0.3) is 11.3 Å². The number of likely N-dealkylation sites (tertiary alicyclic amines) is 1. The van der Waals surface area contributed by atoms with Crippen molar-refractivity contribution >= 4 is 11.9 Å². The van der Waals surface area contributed by atoms with Gasteiger partial charge in [-0.2, -0.15) is 0 Å². The van der Waals surface area contributed by atoms with E-state index >= 15 is 0 Å². The fourth-order valence-electron chi connectivity index (χ4n) is 4.63. The van der Waals surface area contributed by atoms with Gasteiger partial charge in [0.1, 0.15) is 29.5 Å². The van der Waals surface area contributed by atoms with Crippen LogP contribution in [0.3, 0.4) is 0 Å². The number of aliphatic hydroxyl groups is 1. The van der Waals surface area contributed by atoms with E-state index in [2.05, 4.69) is 4.98 Å². The first kappa shape index (κ1) is 26.3. The standard InChI is InChI=1S/C29H35N3O5/c1-29(2,3)37-28(35)32-14-8-11-20(16-32)21-15-23(31-27(30)22(21)17-33)26-24(34)12-7-13-25(26)36-18-19-9-5-4-6-10-19/h4-7,9-10,12-13,15,20,33-34H,8,11,14,16-18H2,1-3H3,(H2,30,31). The Morgan fingerprint density at radius 2 is 1.92 bits per heavy atom. The molecule has 4 rings (SSSR count). The molecule has 2 aromatic carbocycles. The summed E-state index contributed by atoms with van der Waals surface area (Å²) in [6.45, 7) is 6.60. The number of nitrogens with two attached hydrogens (primary N) is 1. The lowest BCUT2D eigenvalue weighted by atomic mass is 9.87. The maximum absolute atomic E-state index is 12.7. The minimum atomic E-state index is -0.588. The van der Waals surface area contributed by atoms with Crippen LogP contribution in [0.2, 0.25) is 0 Å². The van der Waals surface area contributed by atoms with Crippen molar-refractivity contribution in [2.24, 2.45) is 0 Å². The second kappa shape index (κ2) is 11.1. The molecule has 1 atom stereocenters. The Labute approximate surface area is 217 Å². The number of nitrogens with zero attached hydrogens (tertiary/aromatic N) is 2. The Morgan fingerprint density at radius 3 is 2.62 bits per heavy atom. The SMILES string of the molecule is CC(C)(C)OC(=O)N1CCCC(c2cc(-c3c(O)cccc3OCc3ccccc3)nc(N)c2CO)C1. The topological polar surface area (TPSA) is 118 Å². The molecule has 196 valence electrons. The third kappa shape index (κ3) is 6.32. The molecule has 37 heavy (non-hydrogen) atoms. The van der Waals surface area contributed by atoms with Crippen LogP contribution in [0.1, 0.15) is 56.2 Å². The first-order chi connectivity index (χ1) is 17.7. The number of aliphatic hydroxyl groups excluding tert-OH is 1. The third-order valence-electron chi connectivity index (χ3n) is 6.36. The van der Waals surface area contributed by atoms with Crippen molar-refractivity contribution in [1.29, 1.82) is 0 Å². The van der Waals surface area contributed by atoms with Crippen molar-refractivity contribution in [2.75, 3.05) is 18.8 Å². The number of pyridine rings is 1. The van der Waals surface area contributed by atoms with Crippen molar-refractivity contribution in [3.8, 4) is 22.8 Å². The van der Waals surface area contributed by atoms with E-state index in [9.17, 15) is 15.0 Å². The van der Waals surface area contributed by atoms with Gasteiger partial charge in [-0.05, 0) is 62.9 Å². The first-order valence-corrected chi connectivity index (χ1v) is 12.5. The molecule has 1 aliphatic heterocycles. The highest BCUT2D eigenvalue weighted by Gasteiger charge is 2.30. The molecule has 1 amide bonds. The van der Waals surface area contributed by atoms with Crippen LogP contribution in [0, 0.1) is 0 Å². The average Bonchev–Trinajstić information content (AvgIpc) is 2.86. The van der Waals surface area contributed by atoms with Crippen LogP contribution < -0.4 is 10.5 Å². The predicted octanol–water partition coefficient (Wildman–Crippen LogP) is 5.22.